The highest BCUT2D eigenvalue weighted by molar-refractivity contribution is 9.10. The molecule has 2 aromatic carbocycles. The van der Waals surface area contributed by atoms with Crippen LogP contribution < -0.4 is 5.32 Å². The minimum Gasteiger partial charge on any atom is -0.342 e. The molecular weight excluding hydrogens is 400 g/mol. The molecule has 142 valence electrons. The summed E-state index contributed by atoms with van der Waals surface area (Å²) in [6, 6.07) is 17.2. The third-order valence-electron chi connectivity index (χ3n) is 6.19. The molecule has 0 bridgehead atoms. The highest BCUT2D eigenvalue weighted by Crippen LogP contribution is 2.35. The zero-order valence-corrected chi connectivity index (χ0v) is 17.4. The van der Waals surface area contributed by atoms with E-state index in [1.807, 2.05) is 6.07 Å². The van der Waals surface area contributed by atoms with Crippen LogP contribution in [0.3, 0.4) is 0 Å². The van der Waals surface area contributed by atoms with Crippen LogP contribution in [-0.2, 0) is 4.79 Å². The van der Waals surface area contributed by atoms with Crippen LogP contribution in [0.25, 0.3) is 0 Å². The second-order valence-electron chi connectivity index (χ2n) is 7.90. The van der Waals surface area contributed by atoms with Crippen LogP contribution in [0.4, 0.5) is 0 Å². The van der Waals surface area contributed by atoms with Crippen LogP contribution in [0.2, 0.25) is 0 Å². The molecule has 0 radical (unpaired) electrons. The fraction of sp³-hybridized carbons (Fsp3) is 0.435. The lowest BCUT2D eigenvalue weighted by Gasteiger charge is -2.35. The number of carbonyl (C=O) groups excluding carboxylic acids is 1. The van der Waals surface area contributed by atoms with E-state index in [0.717, 1.165) is 43.5 Å². The van der Waals surface area contributed by atoms with E-state index >= 15 is 0 Å². The van der Waals surface area contributed by atoms with Crippen LogP contribution in [0.5, 0.6) is 0 Å². The Labute approximate surface area is 170 Å². The average Bonchev–Trinajstić information content (AvgIpc) is 3.18. The van der Waals surface area contributed by atoms with E-state index in [-0.39, 0.29) is 11.8 Å². The van der Waals surface area contributed by atoms with E-state index in [1.54, 1.807) is 0 Å². The molecule has 1 N–H and O–H groups in total. The summed E-state index contributed by atoms with van der Waals surface area (Å²) in [6.07, 6.45) is 2.13. The van der Waals surface area contributed by atoms with Gasteiger partial charge in [-0.25, -0.2) is 0 Å². The summed E-state index contributed by atoms with van der Waals surface area (Å²) in [4.78, 5) is 15.4. The van der Waals surface area contributed by atoms with Gasteiger partial charge in [0, 0.05) is 36.6 Å². The lowest BCUT2D eigenvalue weighted by atomic mass is 9.85. The summed E-state index contributed by atoms with van der Waals surface area (Å²) in [6.45, 7) is 5.52. The Bertz CT molecular complexity index is 796. The maximum absolute atomic E-state index is 13.3. The van der Waals surface area contributed by atoms with E-state index in [0.29, 0.717) is 11.8 Å². The van der Waals surface area contributed by atoms with Crippen molar-refractivity contribution in [2.45, 2.75) is 31.6 Å². The molecule has 0 spiro atoms. The largest absolute Gasteiger partial charge is 0.342 e. The van der Waals surface area contributed by atoms with Crippen molar-refractivity contribution in [1.82, 2.24) is 10.2 Å². The molecule has 2 aliphatic rings. The van der Waals surface area contributed by atoms with Gasteiger partial charge in [0.05, 0.1) is 5.92 Å². The van der Waals surface area contributed by atoms with Crippen molar-refractivity contribution >= 4 is 21.8 Å². The molecule has 2 saturated heterocycles. The molecule has 0 saturated carbocycles. The van der Waals surface area contributed by atoms with Gasteiger partial charge in [-0.05, 0) is 42.9 Å². The molecule has 4 heteroatoms. The standard InChI is InChI=1S/C23H27BrN2O/c1-16-6-8-17(9-7-16)18-10-12-26(13-11-18)23(27)21-15-25-14-20(21)19-4-2-3-5-22(19)24/h2-9,18,20-21,25H,10-15H2,1H3/t20-,21+/m0/s1. The van der Waals surface area contributed by atoms with Gasteiger partial charge in [0.1, 0.15) is 0 Å². The number of carbonyl (C=O) groups is 1. The fourth-order valence-electron chi connectivity index (χ4n) is 4.55. The van der Waals surface area contributed by atoms with Gasteiger partial charge in [-0.15, -0.1) is 0 Å². The monoisotopic (exact) mass is 426 g/mol. The van der Waals surface area contributed by atoms with Crippen LogP contribution in [-0.4, -0.2) is 37.0 Å². The summed E-state index contributed by atoms with van der Waals surface area (Å²) < 4.78 is 1.11. The van der Waals surface area contributed by atoms with Crippen molar-refractivity contribution in [3.05, 3.63) is 69.7 Å². The molecule has 27 heavy (non-hydrogen) atoms. The van der Waals surface area contributed by atoms with Crippen LogP contribution in [0.1, 0.15) is 41.4 Å². The van der Waals surface area contributed by atoms with Gasteiger partial charge in [-0.1, -0.05) is 64.0 Å². The third-order valence-corrected chi connectivity index (χ3v) is 6.91. The highest BCUT2D eigenvalue weighted by atomic mass is 79.9. The molecule has 2 aliphatic heterocycles. The van der Waals surface area contributed by atoms with Crippen molar-refractivity contribution in [3.63, 3.8) is 0 Å². The van der Waals surface area contributed by atoms with Crippen molar-refractivity contribution in [2.24, 2.45) is 5.92 Å². The first-order chi connectivity index (χ1) is 13.1. The Balaban J connectivity index is 1.41. The number of benzene rings is 2. The Morgan fingerprint density at radius 2 is 1.74 bits per heavy atom. The Morgan fingerprint density at radius 1 is 1.04 bits per heavy atom. The molecule has 0 aromatic heterocycles. The zero-order chi connectivity index (χ0) is 18.8. The van der Waals surface area contributed by atoms with Gasteiger partial charge in [-0.3, -0.25) is 4.79 Å². The first-order valence-corrected chi connectivity index (χ1v) is 10.7. The topological polar surface area (TPSA) is 32.3 Å². The number of nitrogens with one attached hydrogen (secondary N) is 1. The van der Waals surface area contributed by atoms with Crippen LogP contribution in [0, 0.1) is 12.8 Å². The highest BCUT2D eigenvalue weighted by Gasteiger charge is 2.38. The second-order valence-corrected chi connectivity index (χ2v) is 8.76. The van der Waals surface area contributed by atoms with Crippen molar-refractivity contribution < 1.29 is 4.79 Å². The van der Waals surface area contributed by atoms with Gasteiger partial charge in [0.25, 0.3) is 0 Å². The Kier molecular flexibility index (Phi) is 5.65. The number of halogens is 1. The maximum Gasteiger partial charge on any atom is 0.227 e. The molecular formula is C23H27BrN2O. The molecule has 3 nitrogen and oxygen atoms in total. The first-order valence-electron chi connectivity index (χ1n) is 9.94. The number of amides is 1. The number of likely N-dealkylation sites (tertiary alicyclic amines) is 1. The first kappa shape index (κ1) is 18.7. The van der Waals surface area contributed by atoms with E-state index in [9.17, 15) is 4.79 Å². The van der Waals surface area contributed by atoms with E-state index < -0.39 is 0 Å². The molecule has 2 heterocycles. The summed E-state index contributed by atoms with van der Waals surface area (Å²) in [5.74, 6) is 1.20. The van der Waals surface area contributed by atoms with Gasteiger partial charge in [0.2, 0.25) is 5.91 Å². The maximum atomic E-state index is 13.3. The van der Waals surface area contributed by atoms with Crippen molar-refractivity contribution in [3.8, 4) is 0 Å². The second kappa shape index (κ2) is 8.15. The fourth-order valence-corrected chi connectivity index (χ4v) is 5.13. The molecule has 2 fully saturated rings. The minimum absolute atomic E-state index is 0.0413. The minimum atomic E-state index is 0.0413. The normalized spacial score (nSPS) is 23.6. The van der Waals surface area contributed by atoms with Crippen LogP contribution >= 0.6 is 15.9 Å². The number of hydrogen-bond donors (Lipinski definition) is 1. The molecule has 2 aromatic rings. The van der Waals surface area contributed by atoms with Crippen molar-refractivity contribution in [2.75, 3.05) is 26.2 Å². The number of nitrogens with zero attached hydrogens (tertiary/aromatic N) is 1. The SMILES string of the molecule is Cc1ccc(C2CCN(C(=O)[C@@H]3CNC[C@H]3c3ccccc3Br)CC2)cc1. The lowest BCUT2D eigenvalue weighted by Crippen LogP contribution is -2.43. The predicted molar refractivity (Wildman–Crippen MR) is 113 cm³/mol. The van der Waals surface area contributed by atoms with E-state index in [2.05, 4.69) is 75.5 Å². The summed E-state index contributed by atoms with van der Waals surface area (Å²) in [5.41, 5.74) is 3.97. The Morgan fingerprint density at radius 3 is 2.44 bits per heavy atom. The zero-order valence-electron chi connectivity index (χ0n) is 15.8. The van der Waals surface area contributed by atoms with E-state index in [4.69, 9.17) is 0 Å². The van der Waals surface area contributed by atoms with Gasteiger partial charge in [0.15, 0.2) is 0 Å². The molecule has 1 amide bonds. The molecule has 2 atom stereocenters. The number of rotatable bonds is 3. The quantitative estimate of drug-likeness (QED) is 0.784. The Hall–Kier alpha value is -1.65. The number of hydrogen-bond acceptors (Lipinski definition) is 2. The summed E-state index contributed by atoms with van der Waals surface area (Å²) in [7, 11) is 0. The molecule has 4 rings (SSSR count). The average molecular weight is 427 g/mol. The van der Waals surface area contributed by atoms with Crippen molar-refractivity contribution in [1.29, 1.82) is 0 Å². The smallest absolute Gasteiger partial charge is 0.227 e. The predicted octanol–water partition coefficient (Wildman–Crippen LogP) is 4.47. The van der Waals surface area contributed by atoms with Crippen LogP contribution in [0.15, 0.2) is 53.0 Å². The van der Waals surface area contributed by atoms with Gasteiger partial charge in [-0.2, -0.15) is 0 Å². The number of aryl methyl sites for hydroxylation is 1. The third kappa shape index (κ3) is 3.97. The van der Waals surface area contributed by atoms with Gasteiger partial charge < -0.3 is 10.2 Å². The summed E-state index contributed by atoms with van der Waals surface area (Å²) >= 11 is 3.67. The van der Waals surface area contributed by atoms with E-state index in [1.165, 1.54) is 16.7 Å². The lowest BCUT2D eigenvalue weighted by molar-refractivity contribution is -0.136. The van der Waals surface area contributed by atoms with Gasteiger partial charge >= 0.3 is 0 Å². The molecule has 0 unspecified atom stereocenters. The summed E-state index contributed by atoms with van der Waals surface area (Å²) in [5, 5.41) is 3.44. The number of piperidine rings is 1. The molecule has 0 aliphatic carbocycles.